The molecule has 0 aromatic heterocycles. The zero-order valence-corrected chi connectivity index (χ0v) is 12.8. The van der Waals surface area contributed by atoms with Gasteiger partial charge in [-0.1, -0.05) is 22.0 Å². The molecule has 1 saturated carbocycles. The predicted molar refractivity (Wildman–Crippen MR) is 78.5 cm³/mol. The number of rotatable bonds is 3. The predicted octanol–water partition coefficient (Wildman–Crippen LogP) is 3.16. The maximum atomic E-state index is 13.2. The third-order valence-corrected chi connectivity index (χ3v) is 5.34. The van der Waals surface area contributed by atoms with E-state index >= 15 is 0 Å². The van der Waals surface area contributed by atoms with Crippen molar-refractivity contribution in [3.63, 3.8) is 0 Å². The molecule has 0 radical (unpaired) electrons. The average molecular weight is 327 g/mol. The number of piperazine rings is 1. The number of halogens is 2. The van der Waals surface area contributed by atoms with Crippen molar-refractivity contribution < 1.29 is 4.39 Å². The third-order valence-electron chi connectivity index (χ3n) is 4.60. The van der Waals surface area contributed by atoms with E-state index in [9.17, 15) is 4.39 Å². The first-order valence-corrected chi connectivity index (χ1v) is 7.78. The smallest absolute Gasteiger partial charge is 0.124 e. The van der Waals surface area contributed by atoms with Crippen LogP contribution in [-0.2, 0) is 6.54 Å². The summed E-state index contributed by atoms with van der Waals surface area (Å²) in [7, 11) is 0. The maximum Gasteiger partial charge on any atom is 0.124 e. The molecule has 1 heterocycles. The average Bonchev–Trinajstić information content (AvgIpc) is 3.19. The van der Waals surface area contributed by atoms with Crippen LogP contribution in [0.15, 0.2) is 22.7 Å². The van der Waals surface area contributed by atoms with Crippen LogP contribution in [0.2, 0.25) is 0 Å². The van der Waals surface area contributed by atoms with Crippen LogP contribution >= 0.6 is 15.9 Å². The first-order chi connectivity index (χ1) is 9.09. The molecular formula is C15H20BrFN2. The molecule has 1 N–H and O–H groups in total. The standard InChI is InChI=1S/C15H20BrFN2/c1-15(12-3-4-12)10-18-6-7-19(15)9-11-2-5-13(17)8-14(11)16/h2,5,8,12,18H,3-4,6-7,9-10H2,1H3. The van der Waals surface area contributed by atoms with Crippen LogP contribution in [0, 0.1) is 11.7 Å². The van der Waals surface area contributed by atoms with Gasteiger partial charge in [0.05, 0.1) is 0 Å². The van der Waals surface area contributed by atoms with Crippen LogP contribution in [0.3, 0.4) is 0 Å². The summed E-state index contributed by atoms with van der Waals surface area (Å²) in [4.78, 5) is 2.57. The largest absolute Gasteiger partial charge is 0.314 e. The van der Waals surface area contributed by atoms with E-state index in [1.54, 1.807) is 12.1 Å². The Hall–Kier alpha value is -0.450. The first kappa shape index (κ1) is 13.5. The molecule has 2 nitrogen and oxygen atoms in total. The molecule has 1 aliphatic carbocycles. The lowest BCUT2D eigenvalue weighted by Crippen LogP contribution is -2.60. The van der Waals surface area contributed by atoms with Gasteiger partial charge in [-0.15, -0.1) is 0 Å². The molecule has 1 saturated heterocycles. The van der Waals surface area contributed by atoms with E-state index in [0.29, 0.717) is 0 Å². The highest BCUT2D eigenvalue weighted by Crippen LogP contribution is 2.44. The summed E-state index contributed by atoms with van der Waals surface area (Å²) in [5.41, 5.74) is 1.43. The molecule has 0 bridgehead atoms. The Balaban J connectivity index is 1.80. The van der Waals surface area contributed by atoms with Gasteiger partial charge in [0.25, 0.3) is 0 Å². The Morgan fingerprint density at radius 2 is 2.26 bits per heavy atom. The highest BCUT2D eigenvalue weighted by molar-refractivity contribution is 9.10. The van der Waals surface area contributed by atoms with Crippen LogP contribution < -0.4 is 5.32 Å². The van der Waals surface area contributed by atoms with Crippen molar-refractivity contribution >= 4 is 15.9 Å². The Labute approximate surface area is 122 Å². The van der Waals surface area contributed by atoms with E-state index in [4.69, 9.17) is 0 Å². The topological polar surface area (TPSA) is 15.3 Å². The Bertz CT molecular complexity index is 475. The first-order valence-electron chi connectivity index (χ1n) is 6.99. The molecule has 4 heteroatoms. The molecular weight excluding hydrogens is 307 g/mol. The van der Waals surface area contributed by atoms with Gasteiger partial charge in [-0.3, -0.25) is 4.90 Å². The molecule has 1 atom stereocenters. The molecule has 0 amide bonds. The summed E-state index contributed by atoms with van der Waals surface area (Å²) in [5.74, 6) is 0.639. The van der Waals surface area contributed by atoms with E-state index in [2.05, 4.69) is 33.1 Å². The molecule has 19 heavy (non-hydrogen) atoms. The molecule has 1 aromatic rings. The zero-order valence-electron chi connectivity index (χ0n) is 11.3. The molecule has 1 unspecified atom stereocenters. The number of nitrogens with one attached hydrogen (secondary N) is 1. The summed E-state index contributed by atoms with van der Waals surface area (Å²) in [6.45, 7) is 6.44. The SMILES string of the molecule is CC1(C2CC2)CNCCN1Cc1ccc(F)cc1Br. The van der Waals surface area contributed by atoms with Crippen molar-refractivity contribution in [2.24, 2.45) is 5.92 Å². The lowest BCUT2D eigenvalue weighted by molar-refractivity contribution is 0.0482. The molecule has 104 valence electrons. The van der Waals surface area contributed by atoms with E-state index in [1.807, 2.05) is 6.07 Å². The second-order valence-electron chi connectivity index (χ2n) is 5.97. The van der Waals surface area contributed by atoms with Crippen molar-refractivity contribution in [1.82, 2.24) is 10.2 Å². The molecule has 1 aliphatic heterocycles. The van der Waals surface area contributed by atoms with Crippen molar-refractivity contribution in [1.29, 1.82) is 0 Å². The van der Waals surface area contributed by atoms with Crippen molar-refractivity contribution in [3.8, 4) is 0 Å². The van der Waals surface area contributed by atoms with E-state index in [-0.39, 0.29) is 11.4 Å². The van der Waals surface area contributed by atoms with Gasteiger partial charge in [0.15, 0.2) is 0 Å². The molecule has 2 aliphatic rings. The second kappa shape index (κ2) is 5.15. The quantitative estimate of drug-likeness (QED) is 0.917. The van der Waals surface area contributed by atoms with E-state index in [1.165, 1.54) is 18.4 Å². The lowest BCUT2D eigenvalue weighted by Gasteiger charge is -2.46. The van der Waals surface area contributed by atoms with Gasteiger partial charge < -0.3 is 5.32 Å². The normalized spacial score (nSPS) is 28.6. The third kappa shape index (κ3) is 2.71. The number of benzene rings is 1. The van der Waals surface area contributed by atoms with Gasteiger partial charge in [-0.05, 0) is 43.4 Å². The van der Waals surface area contributed by atoms with Crippen LogP contribution in [0.1, 0.15) is 25.3 Å². The summed E-state index contributed by atoms with van der Waals surface area (Å²) in [6.07, 6.45) is 2.69. The van der Waals surface area contributed by atoms with Crippen molar-refractivity contribution in [2.75, 3.05) is 19.6 Å². The van der Waals surface area contributed by atoms with Crippen LogP contribution in [0.5, 0.6) is 0 Å². The zero-order chi connectivity index (χ0) is 13.5. The highest BCUT2D eigenvalue weighted by atomic mass is 79.9. The number of hydrogen-bond donors (Lipinski definition) is 1. The molecule has 1 aromatic carbocycles. The minimum absolute atomic E-state index is 0.180. The van der Waals surface area contributed by atoms with Crippen LogP contribution in [0.4, 0.5) is 4.39 Å². The second-order valence-corrected chi connectivity index (χ2v) is 6.82. The van der Waals surface area contributed by atoms with Gasteiger partial charge in [0, 0.05) is 36.2 Å². The summed E-state index contributed by atoms with van der Waals surface area (Å²) >= 11 is 3.48. The van der Waals surface area contributed by atoms with Crippen LogP contribution in [-0.4, -0.2) is 30.1 Å². The van der Waals surface area contributed by atoms with Gasteiger partial charge >= 0.3 is 0 Å². The van der Waals surface area contributed by atoms with E-state index < -0.39 is 0 Å². The molecule has 3 rings (SSSR count). The summed E-state index contributed by atoms with van der Waals surface area (Å²) in [6, 6.07) is 5.01. The fraction of sp³-hybridized carbons (Fsp3) is 0.600. The Kier molecular flexibility index (Phi) is 3.67. The van der Waals surface area contributed by atoms with E-state index in [0.717, 1.165) is 36.6 Å². The molecule has 2 fully saturated rings. The summed E-state index contributed by atoms with van der Waals surface area (Å²) < 4.78 is 14.0. The molecule has 0 spiro atoms. The van der Waals surface area contributed by atoms with Crippen molar-refractivity contribution in [3.05, 3.63) is 34.1 Å². The Morgan fingerprint density at radius 3 is 2.95 bits per heavy atom. The minimum Gasteiger partial charge on any atom is -0.314 e. The number of hydrogen-bond acceptors (Lipinski definition) is 2. The van der Waals surface area contributed by atoms with Gasteiger partial charge in [-0.2, -0.15) is 0 Å². The maximum absolute atomic E-state index is 13.2. The highest BCUT2D eigenvalue weighted by Gasteiger charge is 2.46. The van der Waals surface area contributed by atoms with Crippen LogP contribution in [0.25, 0.3) is 0 Å². The van der Waals surface area contributed by atoms with Crippen molar-refractivity contribution in [2.45, 2.75) is 31.8 Å². The minimum atomic E-state index is -0.180. The Morgan fingerprint density at radius 1 is 1.47 bits per heavy atom. The van der Waals surface area contributed by atoms with Gasteiger partial charge in [0.2, 0.25) is 0 Å². The monoisotopic (exact) mass is 326 g/mol. The number of nitrogens with zero attached hydrogens (tertiary/aromatic N) is 1. The fourth-order valence-electron chi connectivity index (χ4n) is 3.15. The fourth-order valence-corrected chi connectivity index (χ4v) is 3.62. The van der Waals surface area contributed by atoms with Gasteiger partial charge in [0.1, 0.15) is 5.82 Å². The summed E-state index contributed by atoms with van der Waals surface area (Å²) in [5, 5.41) is 3.52. The lowest BCUT2D eigenvalue weighted by atomic mass is 9.90. The van der Waals surface area contributed by atoms with Gasteiger partial charge in [-0.25, -0.2) is 4.39 Å².